The second kappa shape index (κ2) is 7.82. The van der Waals surface area contributed by atoms with Gasteiger partial charge in [0.1, 0.15) is 5.75 Å². The van der Waals surface area contributed by atoms with E-state index in [0.717, 1.165) is 24.0 Å². The summed E-state index contributed by atoms with van der Waals surface area (Å²) in [5.41, 5.74) is 9.41. The highest BCUT2D eigenvalue weighted by molar-refractivity contribution is 6.01. The molecular formula is C20H25NO2. The maximum atomic E-state index is 12.9. The minimum absolute atomic E-state index is 0.0523. The summed E-state index contributed by atoms with van der Waals surface area (Å²) >= 11 is 0. The number of Topliss-reactive ketones (excluding diaryl/α,β-unsaturated/α-hetero) is 1. The Labute approximate surface area is 138 Å². The maximum absolute atomic E-state index is 12.9. The maximum Gasteiger partial charge on any atom is 0.203 e. The predicted octanol–water partition coefficient (Wildman–Crippen LogP) is 4.43. The van der Waals surface area contributed by atoms with Crippen molar-refractivity contribution in [2.45, 2.75) is 46.1 Å². The van der Waals surface area contributed by atoms with Crippen LogP contribution in [0.25, 0.3) is 0 Å². The molecule has 23 heavy (non-hydrogen) atoms. The number of anilines is 1. The van der Waals surface area contributed by atoms with Crippen molar-refractivity contribution in [2.24, 2.45) is 0 Å². The van der Waals surface area contributed by atoms with Gasteiger partial charge in [0.2, 0.25) is 5.78 Å². The predicted molar refractivity (Wildman–Crippen MR) is 95.1 cm³/mol. The van der Waals surface area contributed by atoms with Crippen molar-refractivity contribution in [3.8, 4) is 5.75 Å². The third-order valence-corrected chi connectivity index (χ3v) is 4.05. The van der Waals surface area contributed by atoms with E-state index in [0.29, 0.717) is 17.9 Å². The van der Waals surface area contributed by atoms with Crippen molar-refractivity contribution in [1.82, 2.24) is 0 Å². The number of hydrogen-bond acceptors (Lipinski definition) is 3. The number of ether oxygens (including phenoxy) is 1. The van der Waals surface area contributed by atoms with Crippen molar-refractivity contribution < 1.29 is 9.53 Å². The molecule has 1 unspecified atom stereocenters. The lowest BCUT2D eigenvalue weighted by Crippen LogP contribution is -2.27. The summed E-state index contributed by atoms with van der Waals surface area (Å²) in [4.78, 5) is 12.9. The summed E-state index contributed by atoms with van der Waals surface area (Å²) in [5.74, 6) is 0.723. The van der Waals surface area contributed by atoms with Crippen LogP contribution in [-0.2, 0) is 12.8 Å². The molecule has 3 heteroatoms. The Morgan fingerprint density at radius 2 is 1.74 bits per heavy atom. The molecule has 2 rings (SSSR count). The van der Waals surface area contributed by atoms with Gasteiger partial charge < -0.3 is 10.5 Å². The zero-order valence-corrected chi connectivity index (χ0v) is 14.1. The van der Waals surface area contributed by atoms with Crippen LogP contribution >= 0.6 is 0 Å². The van der Waals surface area contributed by atoms with Crippen molar-refractivity contribution in [3.05, 3.63) is 59.2 Å². The molecular weight excluding hydrogens is 286 g/mol. The van der Waals surface area contributed by atoms with E-state index < -0.39 is 6.10 Å². The first-order valence-corrected chi connectivity index (χ1v) is 8.27. The molecule has 0 bridgehead atoms. The molecule has 0 heterocycles. The van der Waals surface area contributed by atoms with E-state index in [1.165, 1.54) is 5.56 Å². The standard InChI is InChI=1S/C20H25NO2/c1-4-14-7-8-15(5-2)18(13-14)20(22)19(6-3)23-17-11-9-16(21)10-12-17/h7-13,19H,4-6,21H2,1-3H3. The molecule has 2 aromatic rings. The van der Waals surface area contributed by atoms with Gasteiger partial charge in [-0.2, -0.15) is 0 Å². The van der Waals surface area contributed by atoms with Crippen LogP contribution in [-0.4, -0.2) is 11.9 Å². The molecule has 0 saturated carbocycles. The van der Waals surface area contributed by atoms with Crippen LogP contribution in [0.5, 0.6) is 5.75 Å². The Kier molecular flexibility index (Phi) is 5.80. The van der Waals surface area contributed by atoms with Crippen molar-refractivity contribution in [2.75, 3.05) is 5.73 Å². The number of carbonyl (C=O) groups is 1. The first-order chi connectivity index (χ1) is 11.1. The van der Waals surface area contributed by atoms with Crippen LogP contribution in [0.4, 0.5) is 5.69 Å². The van der Waals surface area contributed by atoms with E-state index in [1.807, 2.05) is 13.0 Å². The minimum atomic E-state index is -0.476. The highest BCUT2D eigenvalue weighted by Crippen LogP contribution is 2.21. The second-order valence-corrected chi connectivity index (χ2v) is 5.65. The summed E-state index contributed by atoms with van der Waals surface area (Å²) in [6, 6.07) is 13.3. The van der Waals surface area contributed by atoms with Crippen molar-refractivity contribution in [3.63, 3.8) is 0 Å². The van der Waals surface area contributed by atoms with Crippen LogP contribution < -0.4 is 10.5 Å². The fourth-order valence-electron chi connectivity index (χ4n) is 2.59. The summed E-state index contributed by atoms with van der Waals surface area (Å²) in [6.07, 6.45) is 1.91. The molecule has 2 aromatic carbocycles. The van der Waals surface area contributed by atoms with Gasteiger partial charge in [-0.25, -0.2) is 0 Å². The molecule has 0 spiro atoms. The van der Waals surface area contributed by atoms with Gasteiger partial charge in [-0.05, 0) is 60.7 Å². The highest BCUT2D eigenvalue weighted by atomic mass is 16.5. The van der Waals surface area contributed by atoms with E-state index in [9.17, 15) is 4.79 Å². The number of nitrogen functional groups attached to an aromatic ring is 1. The number of nitrogens with two attached hydrogens (primary N) is 1. The zero-order chi connectivity index (χ0) is 16.8. The number of benzene rings is 2. The van der Waals surface area contributed by atoms with Gasteiger partial charge >= 0.3 is 0 Å². The Hall–Kier alpha value is -2.29. The van der Waals surface area contributed by atoms with Crippen LogP contribution in [0.3, 0.4) is 0 Å². The minimum Gasteiger partial charge on any atom is -0.482 e. The van der Waals surface area contributed by atoms with E-state index in [2.05, 4.69) is 26.0 Å². The lowest BCUT2D eigenvalue weighted by molar-refractivity contribution is 0.0785. The fraction of sp³-hybridized carbons (Fsp3) is 0.350. The Balaban J connectivity index is 2.27. The zero-order valence-electron chi connectivity index (χ0n) is 14.1. The third kappa shape index (κ3) is 4.13. The Bertz CT molecular complexity index is 662. The number of ketones is 1. The van der Waals surface area contributed by atoms with Crippen LogP contribution in [0.2, 0.25) is 0 Å². The average Bonchev–Trinajstić information content (AvgIpc) is 2.60. The van der Waals surface area contributed by atoms with E-state index in [4.69, 9.17) is 10.5 Å². The summed E-state index contributed by atoms with van der Waals surface area (Å²) in [5, 5.41) is 0. The topological polar surface area (TPSA) is 52.3 Å². The lowest BCUT2D eigenvalue weighted by Gasteiger charge is -2.18. The van der Waals surface area contributed by atoms with Gasteiger partial charge in [-0.1, -0.05) is 32.9 Å². The van der Waals surface area contributed by atoms with Gasteiger partial charge in [-0.15, -0.1) is 0 Å². The van der Waals surface area contributed by atoms with E-state index >= 15 is 0 Å². The number of hydrogen-bond donors (Lipinski definition) is 1. The monoisotopic (exact) mass is 311 g/mol. The number of rotatable bonds is 7. The van der Waals surface area contributed by atoms with Gasteiger partial charge in [0.05, 0.1) is 0 Å². The van der Waals surface area contributed by atoms with Crippen molar-refractivity contribution >= 4 is 11.5 Å². The summed E-state index contributed by atoms with van der Waals surface area (Å²) in [7, 11) is 0. The molecule has 0 aromatic heterocycles. The third-order valence-electron chi connectivity index (χ3n) is 4.05. The fourth-order valence-corrected chi connectivity index (χ4v) is 2.59. The van der Waals surface area contributed by atoms with E-state index in [1.54, 1.807) is 24.3 Å². The highest BCUT2D eigenvalue weighted by Gasteiger charge is 2.22. The first-order valence-electron chi connectivity index (χ1n) is 8.27. The van der Waals surface area contributed by atoms with E-state index in [-0.39, 0.29) is 5.78 Å². The smallest absolute Gasteiger partial charge is 0.203 e. The van der Waals surface area contributed by atoms with Crippen LogP contribution in [0, 0.1) is 0 Å². The van der Waals surface area contributed by atoms with Crippen molar-refractivity contribution in [1.29, 1.82) is 0 Å². The van der Waals surface area contributed by atoms with Gasteiger partial charge in [0, 0.05) is 11.3 Å². The second-order valence-electron chi connectivity index (χ2n) is 5.65. The molecule has 0 aliphatic carbocycles. The summed E-state index contributed by atoms with van der Waals surface area (Å²) < 4.78 is 5.90. The number of aryl methyl sites for hydroxylation is 2. The molecule has 2 N–H and O–H groups in total. The van der Waals surface area contributed by atoms with Crippen LogP contribution in [0.15, 0.2) is 42.5 Å². The molecule has 0 aliphatic heterocycles. The molecule has 0 saturated heterocycles. The molecule has 0 amide bonds. The SMILES string of the molecule is CCc1ccc(CC)c(C(=O)C(CC)Oc2ccc(N)cc2)c1. The van der Waals surface area contributed by atoms with Gasteiger partial charge in [-0.3, -0.25) is 4.79 Å². The van der Waals surface area contributed by atoms with Crippen LogP contribution in [0.1, 0.15) is 48.7 Å². The molecule has 3 nitrogen and oxygen atoms in total. The average molecular weight is 311 g/mol. The summed E-state index contributed by atoms with van der Waals surface area (Å²) in [6.45, 7) is 6.13. The van der Waals surface area contributed by atoms with Gasteiger partial charge in [0.25, 0.3) is 0 Å². The number of carbonyl (C=O) groups excluding carboxylic acids is 1. The molecule has 122 valence electrons. The molecule has 0 fully saturated rings. The quantitative estimate of drug-likeness (QED) is 0.608. The lowest BCUT2D eigenvalue weighted by atomic mass is 9.94. The van der Waals surface area contributed by atoms with Gasteiger partial charge in [0.15, 0.2) is 6.10 Å². The first kappa shape index (κ1) is 17.1. The molecule has 0 aliphatic rings. The molecule has 0 radical (unpaired) electrons. The Morgan fingerprint density at radius 3 is 2.30 bits per heavy atom. The Morgan fingerprint density at radius 1 is 1.04 bits per heavy atom. The molecule has 1 atom stereocenters. The largest absolute Gasteiger partial charge is 0.482 e. The normalized spacial score (nSPS) is 12.0.